The van der Waals surface area contributed by atoms with Gasteiger partial charge >= 0.3 is 0 Å². The van der Waals surface area contributed by atoms with E-state index in [9.17, 15) is 0 Å². The Bertz CT molecular complexity index is 565. The van der Waals surface area contributed by atoms with Gasteiger partial charge in [-0.05, 0) is 57.4 Å². The predicted molar refractivity (Wildman–Crippen MR) is 79.5 cm³/mol. The van der Waals surface area contributed by atoms with Crippen LogP contribution < -0.4 is 5.32 Å². The van der Waals surface area contributed by atoms with Crippen LogP contribution in [0.3, 0.4) is 0 Å². The van der Waals surface area contributed by atoms with Gasteiger partial charge in [0.15, 0.2) is 0 Å². The molecule has 0 amide bonds. The Hall–Kier alpha value is -1.35. The van der Waals surface area contributed by atoms with Gasteiger partial charge in [-0.15, -0.1) is 0 Å². The normalized spacial score (nSPS) is 20.0. The molecule has 2 aromatic rings. The van der Waals surface area contributed by atoms with E-state index in [1.165, 1.54) is 36.9 Å². The fourth-order valence-electron chi connectivity index (χ4n) is 3.20. The fourth-order valence-corrected chi connectivity index (χ4v) is 3.20. The number of imidazole rings is 1. The lowest BCUT2D eigenvalue weighted by Gasteiger charge is -2.23. The number of aromatic nitrogens is 2. The second-order valence-corrected chi connectivity index (χ2v) is 5.58. The molecule has 0 radical (unpaired) electrons. The molecule has 1 atom stereocenters. The third kappa shape index (κ3) is 2.52. The molecule has 0 saturated carbocycles. The van der Waals surface area contributed by atoms with E-state index >= 15 is 0 Å². The van der Waals surface area contributed by atoms with Crippen molar-refractivity contribution in [3.63, 3.8) is 0 Å². The van der Waals surface area contributed by atoms with Crippen LogP contribution in [-0.4, -0.2) is 22.1 Å². The van der Waals surface area contributed by atoms with E-state index in [-0.39, 0.29) is 0 Å². The van der Waals surface area contributed by atoms with Gasteiger partial charge in [0, 0.05) is 12.6 Å². The Labute approximate surface area is 115 Å². The third-order valence-corrected chi connectivity index (χ3v) is 4.21. The molecule has 0 bridgehead atoms. The quantitative estimate of drug-likeness (QED) is 0.916. The Kier molecular flexibility index (Phi) is 3.56. The SMILES string of the molecule is CCn1c(C)nc2cc(CC3CCCCN3)ccc21. The van der Waals surface area contributed by atoms with Crippen molar-refractivity contribution < 1.29 is 0 Å². The highest BCUT2D eigenvalue weighted by Crippen LogP contribution is 2.20. The van der Waals surface area contributed by atoms with Gasteiger partial charge in [0.2, 0.25) is 0 Å². The van der Waals surface area contributed by atoms with E-state index in [0.29, 0.717) is 6.04 Å². The first-order valence-corrected chi connectivity index (χ1v) is 7.47. The highest BCUT2D eigenvalue weighted by atomic mass is 15.1. The molecule has 19 heavy (non-hydrogen) atoms. The van der Waals surface area contributed by atoms with Crippen molar-refractivity contribution in [2.75, 3.05) is 6.54 Å². The van der Waals surface area contributed by atoms with Crippen LogP contribution in [0.4, 0.5) is 0 Å². The Morgan fingerprint density at radius 3 is 3.00 bits per heavy atom. The summed E-state index contributed by atoms with van der Waals surface area (Å²) in [5.74, 6) is 1.12. The second-order valence-electron chi connectivity index (χ2n) is 5.58. The molecule has 1 aromatic carbocycles. The van der Waals surface area contributed by atoms with Gasteiger partial charge in [-0.2, -0.15) is 0 Å². The minimum absolute atomic E-state index is 0.653. The van der Waals surface area contributed by atoms with Crippen LogP contribution in [0.5, 0.6) is 0 Å². The third-order valence-electron chi connectivity index (χ3n) is 4.21. The first kappa shape index (κ1) is 12.7. The summed E-state index contributed by atoms with van der Waals surface area (Å²) in [6.45, 7) is 6.43. The molecule has 2 heterocycles. The highest BCUT2D eigenvalue weighted by Gasteiger charge is 2.14. The van der Waals surface area contributed by atoms with Crippen molar-refractivity contribution in [1.29, 1.82) is 0 Å². The lowest BCUT2D eigenvalue weighted by Crippen LogP contribution is -2.35. The van der Waals surface area contributed by atoms with Gasteiger partial charge < -0.3 is 9.88 Å². The number of hydrogen-bond acceptors (Lipinski definition) is 2. The van der Waals surface area contributed by atoms with Crippen molar-refractivity contribution in [3.05, 3.63) is 29.6 Å². The maximum atomic E-state index is 4.68. The summed E-state index contributed by atoms with van der Waals surface area (Å²) < 4.78 is 2.28. The summed E-state index contributed by atoms with van der Waals surface area (Å²) in [6.07, 6.45) is 5.13. The van der Waals surface area contributed by atoms with Gasteiger partial charge in [-0.3, -0.25) is 0 Å². The number of hydrogen-bond donors (Lipinski definition) is 1. The first-order valence-electron chi connectivity index (χ1n) is 7.47. The Balaban J connectivity index is 1.85. The summed E-state index contributed by atoms with van der Waals surface area (Å²) >= 11 is 0. The summed E-state index contributed by atoms with van der Waals surface area (Å²) in [5.41, 5.74) is 3.82. The molecule has 3 nitrogen and oxygen atoms in total. The topological polar surface area (TPSA) is 29.9 Å². The largest absolute Gasteiger partial charge is 0.329 e. The number of nitrogens with one attached hydrogen (secondary N) is 1. The number of rotatable bonds is 3. The summed E-state index contributed by atoms with van der Waals surface area (Å²) in [6, 6.07) is 7.42. The molecule has 1 unspecified atom stereocenters. The van der Waals surface area contributed by atoms with Crippen LogP contribution in [0.15, 0.2) is 18.2 Å². The van der Waals surface area contributed by atoms with E-state index < -0.39 is 0 Å². The highest BCUT2D eigenvalue weighted by molar-refractivity contribution is 5.76. The second kappa shape index (κ2) is 5.33. The van der Waals surface area contributed by atoms with E-state index in [0.717, 1.165) is 24.3 Å². The average molecular weight is 257 g/mol. The zero-order valence-electron chi connectivity index (χ0n) is 11.9. The van der Waals surface area contributed by atoms with Gasteiger partial charge in [0.05, 0.1) is 11.0 Å². The van der Waals surface area contributed by atoms with E-state index in [1.807, 2.05) is 0 Å². The maximum absolute atomic E-state index is 4.68. The molecule has 0 spiro atoms. The maximum Gasteiger partial charge on any atom is 0.106 e. The van der Waals surface area contributed by atoms with E-state index in [4.69, 9.17) is 0 Å². The predicted octanol–water partition coefficient (Wildman–Crippen LogP) is 3.05. The molecule has 1 aromatic heterocycles. The molecule has 0 aliphatic carbocycles. The number of benzene rings is 1. The van der Waals surface area contributed by atoms with Crippen LogP contribution in [0, 0.1) is 6.92 Å². The number of aryl methyl sites for hydroxylation is 2. The zero-order chi connectivity index (χ0) is 13.2. The number of nitrogens with zero attached hydrogens (tertiary/aromatic N) is 2. The van der Waals surface area contributed by atoms with Crippen LogP contribution in [0.1, 0.15) is 37.6 Å². The molecule has 1 aliphatic heterocycles. The minimum atomic E-state index is 0.653. The first-order chi connectivity index (χ1) is 9.28. The van der Waals surface area contributed by atoms with Crippen molar-refractivity contribution in [2.45, 2.75) is 52.1 Å². The minimum Gasteiger partial charge on any atom is -0.329 e. The molecule has 3 rings (SSSR count). The summed E-state index contributed by atoms with van der Waals surface area (Å²) in [5, 5.41) is 3.62. The lowest BCUT2D eigenvalue weighted by molar-refractivity contribution is 0.399. The monoisotopic (exact) mass is 257 g/mol. The molecule has 102 valence electrons. The fraction of sp³-hybridized carbons (Fsp3) is 0.562. The molecular formula is C16H23N3. The van der Waals surface area contributed by atoms with Gasteiger partial charge in [-0.25, -0.2) is 4.98 Å². The average Bonchev–Trinajstić information content (AvgIpc) is 2.74. The number of piperidine rings is 1. The molecule has 1 fully saturated rings. The zero-order valence-corrected chi connectivity index (χ0v) is 11.9. The van der Waals surface area contributed by atoms with Crippen molar-refractivity contribution in [3.8, 4) is 0 Å². The van der Waals surface area contributed by atoms with Crippen molar-refractivity contribution >= 4 is 11.0 Å². The van der Waals surface area contributed by atoms with Crippen LogP contribution in [0.2, 0.25) is 0 Å². The van der Waals surface area contributed by atoms with Crippen LogP contribution in [-0.2, 0) is 13.0 Å². The molecule has 1 aliphatic rings. The molecule has 1 N–H and O–H groups in total. The van der Waals surface area contributed by atoms with Crippen molar-refractivity contribution in [2.24, 2.45) is 0 Å². The Morgan fingerprint density at radius 1 is 1.37 bits per heavy atom. The molecule has 3 heteroatoms. The molecular weight excluding hydrogens is 234 g/mol. The van der Waals surface area contributed by atoms with Gasteiger partial charge in [0.1, 0.15) is 5.82 Å². The summed E-state index contributed by atoms with van der Waals surface area (Å²) in [4.78, 5) is 4.68. The smallest absolute Gasteiger partial charge is 0.106 e. The molecule has 1 saturated heterocycles. The Morgan fingerprint density at radius 2 is 2.26 bits per heavy atom. The van der Waals surface area contributed by atoms with Gasteiger partial charge in [0.25, 0.3) is 0 Å². The van der Waals surface area contributed by atoms with E-state index in [1.54, 1.807) is 0 Å². The van der Waals surface area contributed by atoms with Crippen LogP contribution >= 0.6 is 0 Å². The van der Waals surface area contributed by atoms with E-state index in [2.05, 4.69) is 46.9 Å². The standard InChI is InChI=1S/C16H23N3/c1-3-19-12(2)18-15-11-13(7-8-16(15)19)10-14-6-4-5-9-17-14/h7-8,11,14,17H,3-6,9-10H2,1-2H3. The van der Waals surface area contributed by atoms with Crippen LogP contribution in [0.25, 0.3) is 11.0 Å². The lowest BCUT2D eigenvalue weighted by atomic mass is 9.97. The van der Waals surface area contributed by atoms with Crippen molar-refractivity contribution in [1.82, 2.24) is 14.9 Å². The van der Waals surface area contributed by atoms with Gasteiger partial charge in [-0.1, -0.05) is 12.5 Å². The summed E-state index contributed by atoms with van der Waals surface area (Å²) in [7, 11) is 0. The number of fused-ring (bicyclic) bond motifs is 1.